The van der Waals surface area contributed by atoms with Gasteiger partial charge >= 0.3 is 14.2 Å². The van der Waals surface area contributed by atoms with E-state index in [1.54, 1.807) is 22.7 Å². The normalized spacial score (nSPS) is 17.8. The number of nitrogens with zero attached hydrogens (tertiary/aromatic N) is 2. The molecule has 4 aromatic heterocycles. The number of aromatic nitrogens is 2. The molecule has 2 fully saturated rings. The van der Waals surface area contributed by atoms with E-state index in [4.69, 9.17) is 33.3 Å². The first-order valence-electron chi connectivity index (χ1n) is 33.1. The first kappa shape index (κ1) is 68.5. The maximum Gasteiger partial charge on any atom is 0.494 e. The van der Waals surface area contributed by atoms with Gasteiger partial charge in [-0.05, 0) is 184 Å². The van der Waals surface area contributed by atoms with Gasteiger partial charge in [0.25, 0.3) is 0 Å². The summed E-state index contributed by atoms with van der Waals surface area (Å²) in [6.45, 7) is 30.8. The van der Waals surface area contributed by atoms with Gasteiger partial charge in [0.05, 0.1) is 51.1 Å². The SMILES string of the molecule is CCCCC(CC)Cc1nc2c(-c3ccc(Br)s3)sc(-c3ccc(Br)s3)c2nc1CC(CC)CCCC.CCCCCCCCC1(CCCCCCCC)Oc2cc(B3OC(C)(C)C(C)(C)O3)ccc2-c2ccc(B3OC(C)(C)C(C)(C)O3)cc21. The Morgan fingerprint density at radius 3 is 1.26 bits per heavy atom. The van der Waals surface area contributed by atoms with Crippen molar-refractivity contribution in [3.63, 3.8) is 0 Å². The molecule has 0 N–H and O–H groups in total. The molecule has 9 rings (SSSR count). The largest absolute Gasteiger partial charge is 0.494 e. The van der Waals surface area contributed by atoms with Crippen LogP contribution in [0.15, 0.2) is 68.2 Å². The van der Waals surface area contributed by atoms with Crippen molar-refractivity contribution in [2.24, 2.45) is 11.8 Å². The number of halogens is 2. The molecule has 0 amide bonds. The Kier molecular flexibility index (Phi) is 24.7. The third kappa shape index (κ3) is 16.6. The van der Waals surface area contributed by atoms with Crippen LogP contribution in [-0.2, 0) is 37.1 Å². The van der Waals surface area contributed by atoms with Crippen molar-refractivity contribution in [3.8, 4) is 36.4 Å². The molecule has 14 heteroatoms. The summed E-state index contributed by atoms with van der Waals surface area (Å²) < 4.78 is 35.8. The van der Waals surface area contributed by atoms with E-state index in [1.165, 1.54) is 158 Å². The van der Waals surface area contributed by atoms with Gasteiger partial charge in [0.2, 0.25) is 0 Å². The van der Waals surface area contributed by atoms with Crippen LogP contribution in [0.4, 0.5) is 0 Å². The standard InChI is InChI=1S/C41H64B2O5.C30H38Br2N2S3/c1-11-13-15-17-19-21-27-41(28-22-20-18-16-14-12-2)35-29-31(42-45-37(3,4)38(5,6)46-42)23-25-33(35)34-26-24-32(30-36(34)44-41)43-47-39(7,8)40(9,10)48-43;1-5-9-11-19(7-3)17-21-22(18-20(8-4)12-10-6-2)34-28-27(33-21)29(23-13-15-25(31)35-23)37-30(28)24-14-16-26(32)36-24/h23-26,29-30H,11-22,27-28H2,1-10H3;13-16,19-20H,5-12,17-18H2,1-4H3. The fraction of sp³-hybridized carbons (Fsp3) is 0.634. The number of fused-ring (bicyclic) bond motifs is 4. The Balaban J connectivity index is 0.000000229. The summed E-state index contributed by atoms with van der Waals surface area (Å²) in [5, 5.41) is 0. The number of ether oxygens (including phenoxy) is 1. The minimum Gasteiger partial charge on any atom is -0.482 e. The van der Waals surface area contributed by atoms with Crippen LogP contribution in [-0.4, -0.2) is 46.6 Å². The molecule has 3 aliphatic heterocycles. The lowest BCUT2D eigenvalue weighted by Gasteiger charge is -2.41. The number of hydrogen-bond acceptors (Lipinski definition) is 10. The average molecular weight is 1340 g/mol. The molecule has 0 bridgehead atoms. The number of rotatable bonds is 30. The average Bonchev–Trinajstić information content (AvgIpc) is 1.74. The van der Waals surface area contributed by atoms with Gasteiger partial charge in [-0.1, -0.05) is 187 Å². The molecule has 7 nitrogen and oxygen atoms in total. The monoisotopic (exact) mass is 1340 g/mol. The Morgan fingerprint density at radius 1 is 0.459 bits per heavy atom. The molecular formula is C71H102B2Br2N2O5S3. The minimum atomic E-state index is -0.428. The van der Waals surface area contributed by atoms with Crippen LogP contribution >= 0.6 is 65.9 Å². The zero-order valence-electron chi connectivity index (χ0n) is 54.5. The van der Waals surface area contributed by atoms with E-state index in [2.05, 4.69) is 189 Å². The molecule has 3 aliphatic rings. The summed E-state index contributed by atoms with van der Waals surface area (Å²) >= 11 is 12.8. The number of hydrogen-bond donors (Lipinski definition) is 0. The topological polar surface area (TPSA) is 71.9 Å². The molecule has 0 aliphatic carbocycles. The van der Waals surface area contributed by atoms with E-state index in [0.29, 0.717) is 11.8 Å². The van der Waals surface area contributed by atoms with Gasteiger partial charge in [0.15, 0.2) is 0 Å². The second-order valence-electron chi connectivity index (χ2n) is 26.9. The van der Waals surface area contributed by atoms with Crippen molar-refractivity contribution in [2.75, 3.05) is 0 Å². The van der Waals surface area contributed by atoms with Gasteiger partial charge < -0.3 is 23.4 Å². The van der Waals surface area contributed by atoms with Crippen LogP contribution < -0.4 is 15.7 Å². The third-order valence-corrected chi connectivity index (χ3v) is 24.2. The van der Waals surface area contributed by atoms with E-state index >= 15 is 0 Å². The lowest BCUT2D eigenvalue weighted by Crippen LogP contribution is -2.41. The second-order valence-corrected chi connectivity index (χ2v) is 32.8. The van der Waals surface area contributed by atoms with Crippen molar-refractivity contribution in [1.29, 1.82) is 0 Å². The molecule has 2 aromatic carbocycles. The maximum atomic E-state index is 7.41. The fourth-order valence-corrected chi connectivity index (χ4v) is 16.6. The molecule has 85 heavy (non-hydrogen) atoms. The van der Waals surface area contributed by atoms with E-state index < -0.39 is 42.2 Å². The van der Waals surface area contributed by atoms with Crippen LogP contribution in [0, 0.1) is 11.8 Å². The summed E-state index contributed by atoms with van der Waals surface area (Å²) in [5.74, 6) is 2.29. The van der Waals surface area contributed by atoms with Crippen LogP contribution in [0.2, 0.25) is 0 Å². The van der Waals surface area contributed by atoms with Crippen molar-refractivity contribution >= 4 is 102 Å². The third-order valence-electron chi connectivity index (χ3n) is 19.4. The molecular weight excluding hydrogens is 1240 g/mol. The molecule has 2 unspecified atom stereocenters. The Morgan fingerprint density at radius 2 is 0.859 bits per heavy atom. The Hall–Kier alpha value is -2.39. The summed E-state index contributed by atoms with van der Waals surface area (Å²) in [7, 11) is -0.837. The highest BCUT2D eigenvalue weighted by Gasteiger charge is 2.54. The predicted molar refractivity (Wildman–Crippen MR) is 375 cm³/mol. The molecule has 0 saturated carbocycles. The summed E-state index contributed by atoms with van der Waals surface area (Å²) in [6, 6.07) is 22.2. The maximum absolute atomic E-state index is 7.41. The Labute approximate surface area is 543 Å². The van der Waals surface area contributed by atoms with E-state index in [1.807, 2.05) is 11.3 Å². The number of thiophene rings is 3. The summed E-state index contributed by atoms with van der Waals surface area (Å²) in [5.41, 5.74) is 8.42. The highest BCUT2D eigenvalue weighted by molar-refractivity contribution is 9.11. The van der Waals surface area contributed by atoms with Gasteiger partial charge in [-0.3, -0.25) is 0 Å². The minimum absolute atomic E-state index is 0.394. The second kappa shape index (κ2) is 30.6. The quantitative estimate of drug-likeness (QED) is 0.0329. The molecule has 2 saturated heterocycles. The van der Waals surface area contributed by atoms with Gasteiger partial charge in [-0.2, -0.15) is 0 Å². The first-order chi connectivity index (χ1) is 40.6. The number of unbranched alkanes of at least 4 members (excludes halogenated alkanes) is 12. The zero-order chi connectivity index (χ0) is 61.2. The van der Waals surface area contributed by atoms with E-state index in [9.17, 15) is 0 Å². The van der Waals surface area contributed by atoms with Crippen LogP contribution in [0.1, 0.15) is 255 Å². The van der Waals surface area contributed by atoms with Gasteiger partial charge in [0.1, 0.15) is 22.4 Å². The Bertz CT molecular complexity index is 2950. The van der Waals surface area contributed by atoms with Gasteiger partial charge in [0, 0.05) is 20.9 Å². The predicted octanol–water partition coefficient (Wildman–Crippen LogP) is 22.2. The zero-order valence-corrected chi connectivity index (χ0v) is 60.1. The highest BCUT2D eigenvalue weighted by atomic mass is 79.9. The van der Waals surface area contributed by atoms with Crippen LogP contribution in [0.5, 0.6) is 5.75 Å². The molecule has 0 spiro atoms. The van der Waals surface area contributed by atoms with Crippen LogP contribution in [0.25, 0.3) is 41.7 Å². The lowest BCUT2D eigenvalue weighted by atomic mass is 9.71. The van der Waals surface area contributed by atoms with Crippen molar-refractivity contribution in [1.82, 2.24) is 9.97 Å². The summed E-state index contributed by atoms with van der Waals surface area (Å²) in [4.78, 5) is 16.1. The van der Waals surface area contributed by atoms with Crippen LogP contribution in [0.3, 0.4) is 0 Å². The molecule has 6 aromatic rings. The smallest absolute Gasteiger partial charge is 0.482 e. The number of benzene rings is 2. The summed E-state index contributed by atoms with van der Waals surface area (Å²) in [6.07, 6.45) is 29.2. The van der Waals surface area contributed by atoms with Crippen molar-refractivity contribution in [2.45, 2.75) is 279 Å². The molecule has 2 atom stereocenters. The van der Waals surface area contributed by atoms with E-state index in [0.717, 1.165) is 79.4 Å². The lowest BCUT2D eigenvalue weighted by molar-refractivity contribution is 0.00578. The van der Waals surface area contributed by atoms with Crippen molar-refractivity contribution in [3.05, 3.63) is 85.2 Å². The van der Waals surface area contributed by atoms with Gasteiger partial charge in [-0.25, -0.2) is 9.97 Å². The highest BCUT2D eigenvalue weighted by Crippen LogP contribution is 2.51. The molecule has 0 radical (unpaired) electrons. The van der Waals surface area contributed by atoms with Gasteiger partial charge in [-0.15, -0.1) is 34.0 Å². The molecule has 7 heterocycles. The first-order valence-corrected chi connectivity index (χ1v) is 37.2. The van der Waals surface area contributed by atoms with Crippen molar-refractivity contribution < 1.29 is 23.4 Å². The fourth-order valence-electron chi connectivity index (χ4n) is 12.4. The van der Waals surface area contributed by atoms with E-state index in [-0.39, 0.29) is 0 Å². The molecule has 464 valence electrons.